The number of halogens is 1. The van der Waals surface area contributed by atoms with Gasteiger partial charge < -0.3 is 9.80 Å². The van der Waals surface area contributed by atoms with Gasteiger partial charge in [0.2, 0.25) is 5.91 Å². The van der Waals surface area contributed by atoms with Gasteiger partial charge in [-0.05, 0) is 24.3 Å². The summed E-state index contributed by atoms with van der Waals surface area (Å²) < 4.78 is 27.5. The van der Waals surface area contributed by atoms with Crippen molar-refractivity contribution in [2.45, 2.75) is 10.3 Å². The van der Waals surface area contributed by atoms with E-state index in [1.165, 1.54) is 10.4 Å². The van der Waals surface area contributed by atoms with Crippen molar-refractivity contribution < 1.29 is 18.0 Å². The molecule has 1 aromatic heterocycles. The number of amides is 2. The molecule has 0 unspecified atom stereocenters. The van der Waals surface area contributed by atoms with Gasteiger partial charge in [0, 0.05) is 37.5 Å². The van der Waals surface area contributed by atoms with Crippen LogP contribution in [0, 0.1) is 0 Å². The van der Waals surface area contributed by atoms with E-state index in [4.69, 9.17) is 11.6 Å². The largest absolute Gasteiger partial charge is 0.338 e. The Morgan fingerprint density at radius 1 is 1.00 bits per heavy atom. The summed E-state index contributed by atoms with van der Waals surface area (Å²) in [5.41, 5.74) is 0.559. The summed E-state index contributed by atoms with van der Waals surface area (Å²) in [6, 6.07) is 11.5. The number of carbonyl (C=O) groups is 2. The zero-order valence-corrected chi connectivity index (χ0v) is 19.1. The van der Waals surface area contributed by atoms with E-state index in [1.807, 2.05) is 6.07 Å². The van der Waals surface area contributed by atoms with Gasteiger partial charge in [0.25, 0.3) is 15.9 Å². The number of piperazine rings is 1. The molecule has 4 rings (SSSR count). The fourth-order valence-electron chi connectivity index (χ4n) is 3.52. The average molecular weight is 486 g/mol. The molecule has 0 saturated carbocycles. The number of hydrogen-bond donors (Lipinski definition) is 0. The van der Waals surface area contributed by atoms with Crippen LogP contribution in [-0.2, 0) is 14.8 Å². The Morgan fingerprint density at radius 2 is 1.70 bits per heavy atom. The summed E-state index contributed by atoms with van der Waals surface area (Å²) in [6.07, 6.45) is 0. The van der Waals surface area contributed by atoms with Gasteiger partial charge >= 0.3 is 0 Å². The lowest BCUT2D eigenvalue weighted by molar-refractivity contribution is -0.136. The van der Waals surface area contributed by atoms with Gasteiger partial charge in [0.05, 0.1) is 10.2 Å². The maximum atomic E-state index is 13.1. The maximum absolute atomic E-state index is 13.1. The zero-order chi connectivity index (χ0) is 21.3. The lowest BCUT2D eigenvalue weighted by Gasteiger charge is -2.36. The fourth-order valence-corrected chi connectivity index (χ4v) is 7.72. The highest BCUT2D eigenvalue weighted by Crippen LogP contribution is 2.29. The normalized spacial score (nSPS) is 20.5. The van der Waals surface area contributed by atoms with Crippen LogP contribution in [0.4, 0.5) is 0 Å². The van der Waals surface area contributed by atoms with Crippen LogP contribution in [0.1, 0.15) is 10.4 Å². The molecule has 2 amide bonds. The number of carbonyl (C=O) groups excluding carboxylic acids is 2. The molecule has 3 heterocycles. The summed E-state index contributed by atoms with van der Waals surface area (Å²) in [6.45, 7) is 1.03. The molecule has 2 aliphatic heterocycles. The number of rotatable bonds is 4. The van der Waals surface area contributed by atoms with E-state index in [-0.39, 0.29) is 29.1 Å². The second kappa shape index (κ2) is 8.88. The summed E-state index contributed by atoms with van der Waals surface area (Å²) in [5, 5.41) is 0. The lowest BCUT2D eigenvalue weighted by Crippen LogP contribution is -2.55. The van der Waals surface area contributed by atoms with Crippen molar-refractivity contribution in [2.24, 2.45) is 0 Å². The number of nitrogens with zero attached hydrogens (tertiary/aromatic N) is 3. The van der Waals surface area contributed by atoms with Crippen molar-refractivity contribution in [2.75, 3.05) is 37.8 Å². The fraction of sp³-hybridized carbons (Fsp3) is 0.368. The van der Waals surface area contributed by atoms with Crippen LogP contribution in [0.25, 0.3) is 0 Å². The molecule has 0 spiro atoms. The van der Waals surface area contributed by atoms with E-state index >= 15 is 0 Å². The highest BCUT2D eigenvalue weighted by molar-refractivity contribution is 7.99. The van der Waals surface area contributed by atoms with Crippen LogP contribution >= 0.6 is 34.7 Å². The van der Waals surface area contributed by atoms with Gasteiger partial charge in [-0.25, -0.2) is 8.42 Å². The van der Waals surface area contributed by atoms with Gasteiger partial charge in [0.1, 0.15) is 10.3 Å². The summed E-state index contributed by atoms with van der Waals surface area (Å²) in [7, 11) is -3.61. The van der Waals surface area contributed by atoms with Crippen molar-refractivity contribution in [3.05, 3.63) is 52.4 Å². The molecule has 2 aromatic rings. The minimum Gasteiger partial charge on any atom is -0.338 e. The second-order valence-electron chi connectivity index (χ2n) is 6.94. The van der Waals surface area contributed by atoms with Crippen molar-refractivity contribution in [1.82, 2.24) is 14.1 Å². The third-order valence-electron chi connectivity index (χ3n) is 5.14. The van der Waals surface area contributed by atoms with Crippen molar-refractivity contribution in [3.63, 3.8) is 0 Å². The van der Waals surface area contributed by atoms with Gasteiger partial charge in [-0.3, -0.25) is 9.59 Å². The number of sulfonamides is 1. The molecule has 0 radical (unpaired) electrons. The summed E-state index contributed by atoms with van der Waals surface area (Å²) in [4.78, 5) is 29.2. The van der Waals surface area contributed by atoms with Gasteiger partial charge in [-0.15, -0.1) is 23.1 Å². The third kappa shape index (κ3) is 4.24. The Labute approximate surface area is 188 Å². The quantitative estimate of drug-likeness (QED) is 0.664. The molecule has 1 atom stereocenters. The Hall–Kier alpha value is -1.59. The Balaban J connectivity index is 1.41. The monoisotopic (exact) mass is 485 g/mol. The SMILES string of the molecule is O=C([C@@H]1CSCN1C(=O)c1ccccc1)N1CCN(S(=O)(=O)c2ccc(Cl)s2)CC1. The standard InChI is InChI=1S/C19H20ClN3O4S3/c20-16-6-7-17(29-16)30(26,27)22-10-8-21(9-11-22)19(25)15-12-28-13-23(15)18(24)14-4-2-1-3-5-14/h1-7,15H,8-13H2/t15-/m0/s1. The van der Waals surface area contributed by atoms with Gasteiger partial charge in [-0.2, -0.15) is 4.31 Å². The number of hydrogen-bond acceptors (Lipinski definition) is 6. The minimum atomic E-state index is -3.61. The molecular formula is C19H20ClN3O4S3. The number of benzene rings is 1. The smallest absolute Gasteiger partial charge is 0.255 e. The van der Waals surface area contributed by atoms with Crippen LogP contribution in [-0.4, -0.2) is 78.2 Å². The molecule has 2 saturated heterocycles. The maximum Gasteiger partial charge on any atom is 0.255 e. The van der Waals surface area contributed by atoms with Crippen LogP contribution in [0.15, 0.2) is 46.7 Å². The number of thiophene rings is 1. The topological polar surface area (TPSA) is 78.0 Å². The molecule has 160 valence electrons. The Morgan fingerprint density at radius 3 is 2.33 bits per heavy atom. The Bertz CT molecular complexity index is 1040. The molecule has 0 N–H and O–H groups in total. The van der Waals surface area contributed by atoms with E-state index in [1.54, 1.807) is 51.9 Å². The van der Waals surface area contributed by atoms with Crippen LogP contribution < -0.4 is 0 Å². The first-order valence-corrected chi connectivity index (χ1v) is 13.1. The minimum absolute atomic E-state index is 0.125. The Kier molecular flexibility index (Phi) is 6.40. The predicted octanol–water partition coefficient (Wildman–Crippen LogP) is 2.45. The number of thioether (sulfide) groups is 1. The molecule has 0 aliphatic carbocycles. The van der Waals surface area contributed by atoms with Crippen LogP contribution in [0.5, 0.6) is 0 Å². The second-order valence-corrected chi connectivity index (χ2v) is 11.8. The zero-order valence-electron chi connectivity index (χ0n) is 15.9. The lowest BCUT2D eigenvalue weighted by atomic mass is 10.1. The van der Waals surface area contributed by atoms with E-state index in [2.05, 4.69) is 0 Å². The van der Waals surface area contributed by atoms with Gasteiger partial charge in [0.15, 0.2) is 0 Å². The third-order valence-corrected chi connectivity index (χ3v) is 9.75. The molecule has 2 fully saturated rings. The molecule has 11 heteroatoms. The van der Waals surface area contributed by atoms with Crippen molar-refractivity contribution in [3.8, 4) is 0 Å². The highest BCUT2D eigenvalue weighted by Gasteiger charge is 2.39. The van der Waals surface area contributed by atoms with E-state index in [0.29, 0.717) is 34.6 Å². The summed E-state index contributed by atoms with van der Waals surface area (Å²) in [5.74, 6) is 0.733. The first-order valence-electron chi connectivity index (χ1n) is 9.36. The van der Waals surface area contributed by atoms with E-state index in [9.17, 15) is 18.0 Å². The van der Waals surface area contributed by atoms with Crippen LogP contribution in [0.3, 0.4) is 0 Å². The first kappa shape index (κ1) is 21.6. The first-order chi connectivity index (χ1) is 14.4. The molecule has 30 heavy (non-hydrogen) atoms. The van der Waals surface area contributed by atoms with E-state index in [0.717, 1.165) is 11.3 Å². The molecule has 1 aromatic carbocycles. The van der Waals surface area contributed by atoms with Crippen molar-refractivity contribution in [1.29, 1.82) is 0 Å². The van der Waals surface area contributed by atoms with Crippen LogP contribution in [0.2, 0.25) is 4.34 Å². The predicted molar refractivity (Wildman–Crippen MR) is 118 cm³/mol. The van der Waals surface area contributed by atoms with Gasteiger partial charge in [-0.1, -0.05) is 29.8 Å². The van der Waals surface area contributed by atoms with Crippen molar-refractivity contribution >= 4 is 56.5 Å². The molecule has 7 nitrogen and oxygen atoms in total. The molecule has 0 bridgehead atoms. The molecule has 2 aliphatic rings. The van der Waals surface area contributed by atoms with E-state index < -0.39 is 16.1 Å². The summed E-state index contributed by atoms with van der Waals surface area (Å²) >= 11 is 8.45. The highest BCUT2D eigenvalue weighted by atomic mass is 35.5. The molecular weight excluding hydrogens is 466 g/mol. The average Bonchev–Trinajstić information content (AvgIpc) is 3.43.